The lowest BCUT2D eigenvalue weighted by atomic mass is 9.64. The first-order chi connectivity index (χ1) is 7.50. The number of carbonyl (C=O) groups is 1. The van der Waals surface area contributed by atoms with Crippen molar-refractivity contribution >= 4 is 22.4 Å². The maximum atomic E-state index is 11.8. The van der Waals surface area contributed by atoms with Gasteiger partial charge < -0.3 is 5.32 Å². The summed E-state index contributed by atoms with van der Waals surface area (Å²) in [6.45, 7) is 4.32. The van der Waals surface area contributed by atoms with Gasteiger partial charge in [-0.05, 0) is 18.3 Å². The van der Waals surface area contributed by atoms with Gasteiger partial charge in [0.2, 0.25) is 5.91 Å². The third-order valence-electron chi connectivity index (χ3n) is 2.81. The number of rotatable bonds is 2. The van der Waals surface area contributed by atoms with Crippen LogP contribution in [0, 0.1) is 22.7 Å². The Balaban J connectivity index is 1.91. The van der Waals surface area contributed by atoms with Crippen LogP contribution in [0.25, 0.3) is 0 Å². The molecule has 0 spiro atoms. The Bertz CT molecular complexity index is 450. The first kappa shape index (κ1) is 11.1. The Morgan fingerprint density at radius 1 is 1.69 bits per heavy atom. The number of nitrogens with one attached hydrogen (secondary N) is 1. The second-order valence-electron chi connectivity index (χ2n) is 4.90. The van der Waals surface area contributed by atoms with Crippen molar-refractivity contribution in [1.82, 2.24) is 4.98 Å². The van der Waals surface area contributed by atoms with Crippen molar-refractivity contribution < 1.29 is 4.79 Å². The number of nitrogens with zero attached hydrogens (tertiary/aromatic N) is 2. The molecule has 1 aromatic heterocycles. The molecule has 16 heavy (non-hydrogen) atoms. The summed E-state index contributed by atoms with van der Waals surface area (Å²) in [5, 5.41) is 11.9. The summed E-state index contributed by atoms with van der Waals surface area (Å²) in [6.07, 6.45) is 3.33. The Morgan fingerprint density at radius 3 is 2.88 bits per heavy atom. The van der Waals surface area contributed by atoms with Gasteiger partial charge in [0.05, 0.1) is 6.20 Å². The molecule has 1 saturated carbocycles. The van der Waals surface area contributed by atoms with Crippen molar-refractivity contribution in [1.29, 1.82) is 5.26 Å². The summed E-state index contributed by atoms with van der Waals surface area (Å²) in [4.78, 5) is 16.2. The summed E-state index contributed by atoms with van der Waals surface area (Å²) in [5.41, 5.74) is 0.294. The van der Waals surface area contributed by atoms with Crippen molar-refractivity contribution in [3.63, 3.8) is 0 Å². The first-order valence-corrected chi connectivity index (χ1v) is 5.99. The number of aromatic nitrogens is 1. The fourth-order valence-corrected chi connectivity index (χ4v) is 2.67. The van der Waals surface area contributed by atoms with Gasteiger partial charge in [-0.15, -0.1) is 0 Å². The van der Waals surface area contributed by atoms with Crippen LogP contribution in [0.3, 0.4) is 0 Å². The lowest BCUT2D eigenvalue weighted by Gasteiger charge is -2.41. The lowest BCUT2D eigenvalue weighted by molar-refractivity contribution is -0.126. The number of nitriles is 1. The second-order valence-corrected chi connectivity index (χ2v) is 5.93. The smallest absolute Gasteiger partial charge is 0.229 e. The minimum atomic E-state index is 0.0261. The minimum absolute atomic E-state index is 0.0261. The number of thiazole rings is 1. The molecule has 1 aliphatic rings. The summed E-state index contributed by atoms with van der Waals surface area (Å²) < 4.78 is 0. The van der Waals surface area contributed by atoms with Gasteiger partial charge in [0, 0.05) is 5.92 Å². The van der Waals surface area contributed by atoms with E-state index in [9.17, 15) is 4.79 Å². The predicted octanol–water partition coefficient (Wildman–Crippen LogP) is 2.39. The number of hydrogen-bond acceptors (Lipinski definition) is 4. The Labute approximate surface area is 98.3 Å². The van der Waals surface area contributed by atoms with Crippen LogP contribution in [-0.2, 0) is 4.79 Å². The average molecular weight is 235 g/mol. The molecule has 0 atom stereocenters. The zero-order valence-electron chi connectivity index (χ0n) is 9.28. The van der Waals surface area contributed by atoms with E-state index in [1.807, 2.05) is 6.07 Å². The molecule has 0 aliphatic heterocycles. The predicted molar refractivity (Wildman–Crippen MR) is 62.0 cm³/mol. The van der Waals surface area contributed by atoms with Crippen molar-refractivity contribution in [2.45, 2.75) is 26.7 Å². The minimum Gasteiger partial charge on any atom is -0.302 e. The molecule has 1 fully saturated rings. The number of carbonyl (C=O) groups excluding carboxylic acids is 1. The van der Waals surface area contributed by atoms with E-state index in [1.165, 1.54) is 17.5 Å². The van der Waals surface area contributed by atoms with Crippen LogP contribution < -0.4 is 5.32 Å². The summed E-state index contributed by atoms with van der Waals surface area (Å²) >= 11 is 1.21. The van der Waals surface area contributed by atoms with E-state index >= 15 is 0 Å². The van der Waals surface area contributed by atoms with E-state index in [-0.39, 0.29) is 11.8 Å². The van der Waals surface area contributed by atoms with E-state index in [1.54, 1.807) is 0 Å². The van der Waals surface area contributed by atoms with Gasteiger partial charge >= 0.3 is 0 Å². The summed E-state index contributed by atoms with van der Waals surface area (Å²) in [7, 11) is 0. The van der Waals surface area contributed by atoms with Crippen LogP contribution in [0.15, 0.2) is 6.20 Å². The maximum absolute atomic E-state index is 11.8. The molecule has 0 radical (unpaired) electrons. The molecular weight excluding hydrogens is 222 g/mol. The van der Waals surface area contributed by atoms with E-state index in [0.29, 0.717) is 15.4 Å². The highest BCUT2D eigenvalue weighted by Gasteiger charge is 2.40. The highest BCUT2D eigenvalue weighted by atomic mass is 32.1. The van der Waals surface area contributed by atoms with Crippen molar-refractivity contribution in [3.05, 3.63) is 11.1 Å². The monoisotopic (exact) mass is 235 g/mol. The molecule has 1 aromatic rings. The molecule has 0 saturated heterocycles. The highest BCUT2D eigenvalue weighted by molar-refractivity contribution is 7.16. The second kappa shape index (κ2) is 3.87. The van der Waals surface area contributed by atoms with Crippen LogP contribution in [-0.4, -0.2) is 10.9 Å². The number of amides is 1. The summed E-state index contributed by atoms with van der Waals surface area (Å²) in [5.74, 6) is 0.127. The van der Waals surface area contributed by atoms with Crippen LogP contribution in [0.4, 0.5) is 5.13 Å². The largest absolute Gasteiger partial charge is 0.302 e. The van der Waals surface area contributed by atoms with Crippen LogP contribution in [0.1, 0.15) is 31.6 Å². The van der Waals surface area contributed by atoms with Gasteiger partial charge in [-0.2, -0.15) is 5.26 Å². The van der Waals surface area contributed by atoms with Crippen LogP contribution in [0.2, 0.25) is 0 Å². The maximum Gasteiger partial charge on any atom is 0.229 e. The zero-order chi connectivity index (χ0) is 11.8. The van der Waals surface area contributed by atoms with Crippen molar-refractivity contribution in [2.75, 3.05) is 5.32 Å². The lowest BCUT2D eigenvalue weighted by Crippen LogP contribution is -2.39. The van der Waals surface area contributed by atoms with Gasteiger partial charge in [0.15, 0.2) is 5.13 Å². The molecule has 84 valence electrons. The van der Waals surface area contributed by atoms with Crippen molar-refractivity contribution in [2.24, 2.45) is 11.3 Å². The van der Waals surface area contributed by atoms with E-state index < -0.39 is 0 Å². The molecular formula is C11H13N3OS. The molecule has 1 aliphatic carbocycles. The van der Waals surface area contributed by atoms with E-state index in [0.717, 1.165) is 12.8 Å². The van der Waals surface area contributed by atoms with Crippen molar-refractivity contribution in [3.8, 4) is 6.07 Å². The van der Waals surface area contributed by atoms with Gasteiger partial charge in [0.1, 0.15) is 10.9 Å². The fraction of sp³-hybridized carbons (Fsp3) is 0.545. The third-order valence-corrected chi connectivity index (χ3v) is 3.63. The molecule has 5 heteroatoms. The molecule has 0 aromatic carbocycles. The molecule has 1 amide bonds. The standard InChI is InChI=1S/C11H13N3OS/c1-11(2)3-7(4-11)9(15)14-10-13-6-8(5-12)16-10/h6-7H,3-4H2,1-2H3,(H,13,14,15). The SMILES string of the molecule is CC1(C)CC(C(=O)Nc2ncc(C#N)s2)C1. The van der Waals surface area contributed by atoms with Crippen LogP contribution >= 0.6 is 11.3 Å². The van der Waals surface area contributed by atoms with Gasteiger partial charge in [-0.3, -0.25) is 4.79 Å². The van der Waals surface area contributed by atoms with Gasteiger partial charge in [-0.25, -0.2) is 4.98 Å². The van der Waals surface area contributed by atoms with E-state index in [4.69, 9.17) is 5.26 Å². The Morgan fingerprint density at radius 2 is 2.38 bits per heavy atom. The first-order valence-electron chi connectivity index (χ1n) is 5.17. The van der Waals surface area contributed by atoms with Crippen LogP contribution in [0.5, 0.6) is 0 Å². The topological polar surface area (TPSA) is 65.8 Å². The number of hydrogen-bond donors (Lipinski definition) is 1. The normalized spacial score (nSPS) is 18.6. The third kappa shape index (κ3) is 2.22. The van der Waals surface area contributed by atoms with Gasteiger partial charge in [-0.1, -0.05) is 25.2 Å². The molecule has 0 bridgehead atoms. The molecule has 1 N–H and O–H groups in total. The average Bonchev–Trinajstić information content (AvgIpc) is 2.61. The molecule has 1 heterocycles. The quantitative estimate of drug-likeness (QED) is 0.855. The molecule has 4 nitrogen and oxygen atoms in total. The van der Waals surface area contributed by atoms with Gasteiger partial charge in [0.25, 0.3) is 0 Å². The fourth-order valence-electron chi connectivity index (χ4n) is 2.05. The number of anilines is 1. The highest BCUT2D eigenvalue weighted by Crippen LogP contribution is 2.45. The molecule has 2 rings (SSSR count). The zero-order valence-corrected chi connectivity index (χ0v) is 10.1. The Hall–Kier alpha value is -1.41. The van der Waals surface area contributed by atoms with E-state index in [2.05, 4.69) is 24.1 Å². The summed E-state index contributed by atoms with van der Waals surface area (Å²) in [6, 6.07) is 2.00. The Kier molecular flexibility index (Phi) is 2.68. The molecule has 0 unspecified atom stereocenters.